The second-order valence-corrected chi connectivity index (χ2v) is 8.16. The Balaban J connectivity index is 1.72. The summed E-state index contributed by atoms with van der Waals surface area (Å²) in [4.78, 5) is 0.185. The average Bonchev–Trinajstić information content (AvgIpc) is 2.59. The van der Waals surface area contributed by atoms with Gasteiger partial charge in [0.1, 0.15) is 0 Å². The topological polar surface area (TPSA) is 63.6 Å². The van der Waals surface area contributed by atoms with Gasteiger partial charge in [-0.1, -0.05) is 60.9 Å². The van der Waals surface area contributed by atoms with Crippen LogP contribution in [0.5, 0.6) is 0 Å². The maximum Gasteiger partial charge on any atom is 0.296 e. The summed E-state index contributed by atoms with van der Waals surface area (Å²) in [5.41, 5.74) is 1.04. The molecule has 2 rings (SSSR count). The minimum atomic E-state index is -3.68. The van der Waals surface area contributed by atoms with Gasteiger partial charge in [-0.15, -0.1) is 0 Å². The van der Waals surface area contributed by atoms with Crippen molar-refractivity contribution in [2.45, 2.75) is 50.0 Å². The number of benzene rings is 2. The summed E-state index contributed by atoms with van der Waals surface area (Å²) in [5, 5.41) is 10.5. The minimum absolute atomic E-state index is 0.156. The lowest BCUT2D eigenvalue weighted by molar-refractivity contribution is 0.0446. The summed E-state index contributed by atoms with van der Waals surface area (Å²) >= 11 is 0. The van der Waals surface area contributed by atoms with Gasteiger partial charge in [0.15, 0.2) is 0 Å². The smallest absolute Gasteiger partial charge is 0.296 e. The van der Waals surface area contributed by atoms with Crippen LogP contribution < -0.4 is 0 Å². The van der Waals surface area contributed by atoms with Crippen LogP contribution in [0, 0.1) is 6.92 Å². The van der Waals surface area contributed by atoms with E-state index in [2.05, 4.69) is 0 Å². The van der Waals surface area contributed by atoms with Crippen LogP contribution in [0.3, 0.4) is 0 Å². The molecule has 25 heavy (non-hydrogen) atoms. The molecule has 0 bridgehead atoms. The zero-order chi connectivity index (χ0) is 18.3. The lowest BCUT2D eigenvalue weighted by Crippen LogP contribution is -2.20. The molecule has 0 saturated heterocycles. The predicted molar refractivity (Wildman–Crippen MR) is 98.8 cm³/mol. The molecule has 0 unspecified atom stereocenters. The van der Waals surface area contributed by atoms with Crippen LogP contribution in [-0.2, 0) is 19.9 Å². The van der Waals surface area contributed by atoms with Crippen molar-refractivity contribution < 1.29 is 17.7 Å². The van der Waals surface area contributed by atoms with Crippen LogP contribution in [0.15, 0.2) is 59.5 Å². The third-order valence-electron chi connectivity index (χ3n) is 4.25. The van der Waals surface area contributed by atoms with E-state index in [4.69, 9.17) is 4.18 Å². The van der Waals surface area contributed by atoms with Gasteiger partial charge in [0.2, 0.25) is 0 Å². The van der Waals surface area contributed by atoms with Crippen LogP contribution in [0.1, 0.15) is 43.7 Å². The van der Waals surface area contributed by atoms with Crippen LogP contribution in [-0.4, -0.2) is 20.1 Å². The van der Waals surface area contributed by atoms with E-state index in [9.17, 15) is 13.5 Å². The molecule has 4 nitrogen and oxygen atoms in total. The lowest BCUT2D eigenvalue weighted by atomic mass is 9.90. The highest BCUT2D eigenvalue weighted by Gasteiger charge is 2.21. The molecule has 0 aliphatic carbocycles. The Labute approximate surface area is 150 Å². The van der Waals surface area contributed by atoms with Gasteiger partial charge in [0.25, 0.3) is 10.1 Å². The average molecular weight is 362 g/mol. The van der Waals surface area contributed by atoms with E-state index in [1.807, 2.05) is 37.3 Å². The Morgan fingerprint density at radius 1 is 0.960 bits per heavy atom. The molecule has 0 fully saturated rings. The molecule has 2 aromatic carbocycles. The molecule has 1 N–H and O–H groups in total. The second kappa shape index (κ2) is 8.61. The summed E-state index contributed by atoms with van der Waals surface area (Å²) in [6.07, 6.45) is 2.86. The largest absolute Gasteiger partial charge is 0.385 e. The lowest BCUT2D eigenvalue weighted by Gasteiger charge is -2.23. The highest BCUT2D eigenvalue weighted by atomic mass is 32.2. The fourth-order valence-corrected chi connectivity index (χ4v) is 3.57. The van der Waals surface area contributed by atoms with Gasteiger partial charge >= 0.3 is 0 Å². The summed E-state index contributed by atoms with van der Waals surface area (Å²) in [5.74, 6) is 0. The quantitative estimate of drug-likeness (QED) is 0.537. The number of rotatable bonds is 9. The Bertz CT molecular complexity index is 750. The summed E-state index contributed by atoms with van der Waals surface area (Å²) in [6, 6.07) is 16.2. The first-order valence-corrected chi connectivity index (χ1v) is 9.96. The van der Waals surface area contributed by atoms with Gasteiger partial charge in [-0.05, 0) is 44.4 Å². The first-order valence-electron chi connectivity index (χ1n) is 8.55. The van der Waals surface area contributed by atoms with Gasteiger partial charge in [-0.2, -0.15) is 8.42 Å². The SMILES string of the molecule is Cc1ccc(S(=O)(=O)OCCCCC[C@](C)(O)c2ccccc2)cc1. The summed E-state index contributed by atoms with van der Waals surface area (Å²) in [7, 11) is -3.68. The van der Waals surface area contributed by atoms with Crippen LogP contribution in [0.4, 0.5) is 0 Å². The molecule has 0 saturated carbocycles. The number of aryl methyl sites for hydroxylation is 1. The van der Waals surface area contributed by atoms with Gasteiger partial charge in [0.05, 0.1) is 17.1 Å². The van der Waals surface area contributed by atoms with Gasteiger partial charge in [-0.25, -0.2) is 0 Å². The molecule has 0 amide bonds. The van der Waals surface area contributed by atoms with E-state index >= 15 is 0 Å². The molecule has 2 aromatic rings. The van der Waals surface area contributed by atoms with Crippen molar-refractivity contribution in [1.29, 1.82) is 0 Å². The molecule has 0 aliphatic rings. The molecule has 0 spiro atoms. The maximum absolute atomic E-state index is 12.1. The van der Waals surface area contributed by atoms with Gasteiger partial charge < -0.3 is 5.11 Å². The zero-order valence-electron chi connectivity index (χ0n) is 14.8. The third-order valence-corrected chi connectivity index (χ3v) is 5.58. The minimum Gasteiger partial charge on any atom is -0.385 e. The van der Waals surface area contributed by atoms with E-state index in [1.54, 1.807) is 31.2 Å². The van der Waals surface area contributed by atoms with Crippen LogP contribution in [0.25, 0.3) is 0 Å². The zero-order valence-corrected chi connectivity index (χ0v) is 15.6. The summed E-state index contributed by atoms with van der Waals surface area (Å²) in [6.45, 7) is 3.87. The maximum atomic E-state index is 12.1. The molecular weight excluding hydrogens is 336 g/mol. The molecule has 0 heterocycles. The molecule has 1 atom stereocenters. The van der Waals surface area contributed by atoms with Gasteiger partial charge in [0, 0.05) is 0 Å². The van der Waals surface area contributed by atoms with E-state index in [1.165, 1.54) is 0 Å². The fraction of sp³-hybridized carbons (Fsp3) is 0.400. The predicted octanol–water partition coefficient (Wildman–Crippen LogP) is 4.17. The van der Waals surface area contributed by atoms with Crippen molar-refractivity contribution in [2.75, 3.05) is 6.61 Å². The monoisotopic (exact) mass is 362 g/mol. The molecule has 5 heteroatoms. The van der Waals surface area contributed by atoms with E-state index in [-0.39, 0.29) is 11.5 Å². The number of hydrogen-bond acceptors (Lipinski definition) is 4. The normalized spacial score (nSPS) is 14.2. The van der Waals surface area contributed by atoms with Crippen molar-refractivity contribution in [1.82, 2.24) is 0 Å². The Kier molecular flexibility index (Phi) is 6.76. The van der Waals surface area contributed by atoms with Crippen molar-refractivity contribution in [2.24, 2.45) is 0 Å². The summed E-state index contributed by atoms with van der Waals surface area (Å²) < 4.78 is 29.2. The fourth-order valence-electron chi connectivity index (χ4n) is 2.63. The first-order chi connectivity index (χ1) is 11.8. The molecule has 136 valence electrons. The highest BCUT2D eigenvalue weighted by molar-refractivity contribution is 7.86. The van der Waals surface area contributed by atoms with Crippen molar-refractivity contribution in [3.63, 3.8) is 0 Å². The third kappa shape index (κ3) is 5.96. The second-order valence-electron chi connectivity index (χ2n) is 6.54. The van der Waals surface area contributed by atoms with E-state index in [0.29, 0.717) is 12.8 Å². The molecule has 0 radical (unpaired) electrons. The van der Waals surface area contributed by atoms with Crippen molar-refractivity contribution in [3.8, 4) is 0 Å². The number of aliphatic hydroxyl groups is 1. The van der Waals surface area contributed by atoms with Crippen LogP contribution >= 0.6 is 0 Å². The molecular formula is C20H26O4S. The number of unbranched alkanes of at least 4 members (excludes halogenated alkanes) is 2. The standard InChI is InChI=1S/C20H26O4S/c1-17-11-13-19(14-12-17)25(22,23)24-16-8-4-7-15-20(2,21)18-9-5-3-6-10-18/h3,5-6,9-14,21H,4,7-8,15-16H2,1-2H3/t20-/m0/s1. The van der Waals surface area contributed by atoms with Crippen molar-refractivity contribution >= 4 is 10.1 Å². The Morgan fingerprint density at radius 3 is 2.24 bits per heavy atom. The van der Waals surface area contributed by atoms with Crippen LogP contribution in [0.2, 0.25) is 0 Å². The number of hydrogen-bond donors (Lipinski definition) is 1. The van der Waals surface area contributed by atoms with E-state index < -0.39 is 15.7 Å². The highest BCUT2D eigenvalue weighted by Crippen LogP contribution is 2.26. The van der Waals surface area contributed by atoms with E-state index in [0.717, 1.165) is 24.0 Å². The molecule has 0 aromatic heterocycles. The molecule has 0 aliphatic heterocycles. The van der Waals surface area contributed by atoms with Crippen molar-refractivity contribution in [3.05, 3.63) is 65.7 Å². The Hall–Kier alpha value is -1.69. The van der Waals surface area contributed by atoms with Gasteiger partial charge in [-0.3, -0.25) is 4.18 Å². The first kappa shape index (κ1) is 19.6. The Morgan fingerprint density at radius 2 is 1.60 bits per heavy atom.